The third kappa shape index (κ3) is 3.46. The van der Waals surface area contributed by atoms with Crippen LogP contribution in [0.4, 0.5) is 0 Å². The van der Waals surface area contributed by atoms with Gasteiger partial charge in [-0.05, 0) is 53.3 Å². The number of nitrogens with one attached hydrogen (secondary N) is 1. The molecule has 4 heteroatoms. The van der Waals surface area contributed by atoms with E-state index in [-0.39, 0.29) is 0 Å². The number of hydrogen-bond donors (Lipinski definition) is 1. The van der Waals surface area contributed by atoms with Crippen LogP contribution >= 0.6 is 27.3 Å². The van der Waals surface area contributed by atoms with Crippen LogP contribution in [0.1, 0.15) is 35.6 Å². The van der Waals surface area contributed by atoms with Gasteiger partial charge in [-0.2, -0.15) is 0 Å². The van der Waals surface area contributed by atoms with E-state index in [0.29, 0.717) is 6.04 Å². The summed E-state index contributed by atoms with van der Waals surface area (Å²) in [7, 11) is 0. The molecule has 2 aromatic rings. The summed E-state index contributed by atoms with van der Waals surface area (Å²) >= 11 is 5.40. The van der Waals surface area contributed by atoms with Gasteiger partial charge in [-0.25, -0.2) is 0 Å². The first-order chi connectivity index (χ1) is 8.70. The molecule has 0 aliphatic carbocycles. The molecule has 1 atom stereocenters. The summed E-state index contributed by atoms with van der Waals surface area (Å²) in [5.41, 5.74) is 1.24. The number of thiophene rings is 1. The third-order valence-corrected chi connectivity index (χ3v) is 4.82. The van der Waals surface area contributed by atoms with Crippen LogP contribution in [0.5, 0.6) is 0 Å². The monoisotopic (exact) mass is 327 g/mol. The van der Waals surface area contributed by atoms with Crippen molar-refractivity contribution in [2.24, 2.45) is 0 Å². The molecule has 2 heterocycles. The highest BCUT2D eigenvalue weighted by Gasteiger charge is 2.15. The minimum absolute atomic E-state index is 0.331. The zero-order valence-electron chi connectivity index (χ0n) is 10.7. The highest BCUT2D eigenvalue weighted by Crippen LogP contribution is 2.29. The lowest BCUT2D eigenvalue weighted by atomic mass is 10.1. The number of halogens is 1. The Balaban J connectivity index is 2.12. The van der Waals surface area contributed by atoms with E-state index in [2.05, 4.69) is 45.7 Å². The Morgan fingerprint density at radius 2 is 2.33 bits per heavy atom. The van der Waals surface area contributed by atoms with Crippen molar-refractivity contribution in [1.29, 1.82) is 0 Å². The molecule has 98 valence electrons. The molecule has 0 saturated carbocycles. The second-order valence-corrected chi connectivity index (χ2v) is 6.25. The Kier molecular flexibility index (Phi) is 5.03. The maximum absolute atomic E-state index is 5.43. The van der Waals surface area contributed by atoms with Gasteiger partial charge < -0.3 is 9.73 Å². The molecule has 0 aliphatic heterocycles. The van der Waals surface area contributed by atoms with Gasteiger partial charge in [0.25, 0.3) is 0 Å². The quantitative estimate of drug-likeness (QED) is 0.832. The normalized spacial score (nSPS) is 12.8. The molecule has 2 rings (SSSR count). The number of furan rings is 1. The van der Waals surface area contributed by atoms with Crippen molar-refractivity contribution in [2.45, 2.75) is 32.7 Å². The highest BCUT2D eigenvalue weighted by atomic mass is 79.9. The molecule has 1 unspecified atom stereocenters. The summed E-state index contributed by atoms with van der Waals surface area (Å²) in [4.78, 5) is 1.38. The minimum Gasteiger partial charge on any atom is -0.469 e. The molecule has 1 N–H and O–H groups in total. The van der Waals surface area contributed by atoms with Crippen LogP contribution in [-0.2, 0) is 6.42 Å². The summed E-state index contributed by atoms with van der Waals surface area (Å²) in [6, 6.07) is 4.56. The first-order valence-corrected chi connectivity index (χ1v) is 7.88. The number of rotatable bonds is 6. The van der Waals surface area contributed by atoms with Crippen LogP contribution in [0.15, 0.2) is 32.7 Å². The molecule has 0 radical (unpaired) electrons. The topological polar surface area (TPSA) is 25.2 Å². The lowest BCUT2D eigenvalue weighted by Gasteiger charge is -2.16. The van der Waals surface area contributed by atoms with Crippen molar-refractivity contribution in [3.05, 3.63) is 44.4 Å². The summed E-state index contributed by atoms with van der Waals surface area (Å²) in [6.07, 6.45) is 4.00. The van der Waals surface area contributed by atoms with Gasteiger partial charge in [0.2, 0.25) is 0 Å². The molecular weight excluding hydrogens is 310 g/mol. The molecule has 0 aliphatic rings. The largest absolute Gasteiger partial charge is 0.469 e. The van der Waals surface area contributed by atoms with Crippen molar-refractivity contribution in [2.75, 3.05) is 6.54 Å². The van der Waals surface area contributed by atoms with Gasteiger partial charge in [-0.1, -0.05) is 6.92 Å². The smallest absolute Gasteiger partial charge is 0.101 e. The molecule has 0 fully saturated rings. The Hall–Kier alpha value is -0.580. The molecule has 0 spiro atoms. The molecule has 0 bridgehead atoms. The first kappa shape index (κ1) is 13.8. The average molecular weight is 328 g/mol. The number of hydrogen-bond acceptors (Lipinski definition) is 3. The predicted molar refractivity (Wildman–Crippen MR) is 80.2 cm³/mol. The maximum atomic E-state index is 5.43. The van der Waals surface area contributed by atoms with E-state index in [0.717, 1.165) is 25.1 Å². The van der Waals surface area contributed by atoms with Crippen molar-refractivity contribution in [1.82, 2.24) is 5.32 Å². The fraction of sp³-hybridized carbons (Fsp3) is 0.429. The molecular formula is C14H18BrNOS. The van der Waals surface area contributed by atoms with Crippen molar-refractivity contribution in [3.63, 3.8) is 0 Å². The van der Waals surface area contributed by atoms with Crippen molar-refractivity contribution < 1.29 is 4.42 Å². The van der Waals surface area contributed by atoms with Crippen LogP contribution in [0.25, 0.3) is 0 Å². The summed E-state index contributed by atoms with van der Waals surface area (Å²) in [5, 5.41) is 5.71. The van der Waals surface area contributed by atoms with E-state index in [9.17, 15) is 0 Å². The van der Waals surface area contributed by atoms with Crippen molar-refractivity contribution in [3.8, 4) is 0 Å². The Morgan fingerprint density at radius 3 is 2.89 bits per heavy atom. The van der Waals surface area contributed by atoms with E-state index in [1.807, 2.05) is 13.2 Å². The van der Waals surface area contributed by atoms with Gasteiger partial charge in [-0.3, -0.25) is 0 Å². The summed E-state index contributed by atoms with van der Waals surface area (Å²) < 4.78 is 6.63. The molecule has 0 saturated heterocycles. The fourth-order valence-electron chi connectivity index (χ4n) is 1.93. The maximum Gasteiger partial charge on any atom is 0.101 e. The average Bonchev–Trinajstić information content (AvgIpc) is 2.94. The van der Waals surface area contributed by atoms with Crippen molar-refractivity contribution >= 4 is 27.3 Å². The van der Waals surface area contributed by atoms with Gasteiger partial charge in [0.15, 0.2) is 0 Å². The Labute approximate surface area is 121 Å². The van der Waals surface area contributed by atoms with Gasteiger partial charge in [0, 0.05) is 27.4 Å². The van der Waals surface area contributed by atoms with E-state index in [4.69, 9.17) is 4.42 Å². The minimum atomic E-state index is 0.331. The third-order valence-electron chi connectivity index (χ3n) is 2.87. The highest BCUT2D eigenvalue weighted by molar-refractivity contribution is 9.10. The van der Waals surface area contributed by atoms with Crippen LogP contribution in [-0.4, -0.2) is 6.54 Å². The first-order valence-electron chi connectivity index (χ1n) is 6.21. The summed E-state index contributed by atoms with van der Waals surface area (Å²) in [5.74, 6) is 0.971. The van der Waals surface area contributed by atoms with Gasteiger partial charge >= 0.3 is 0 Å². The van der Waals surface area contributed by atoms with E-state index in [1.165, 1.54) is 14.9 Å². The predicted octanol–water partition coefficient (Wildman–Crippen LogP) is 4.70. The van der Waals surface area contributed by atoms with Crippen LogP contribution in [0, 0.1) is 6.92 Å². The zero-order valence-corrected chi connectivity index (χ0v) is 13.1. The van der Waals surface area contributed by atoms with Crippen LogP contribution in [0.3, 0.4) is 0 Å². The molecule has 18 heavy (non-hydrogen) atoms. The zero-order chi connectivity index (χ0) is 13.0. The second kappa shape index (κ2) is 6.55. The van der Waals surface area contributed by atoms with E-state index in [1.54, 1.807) is 11.3 Å². The number of aryl methyl sites for hydroxylation is 1. The Morgan fingerprint density at radius 1 is 1.50 bits per heavy atom. The van der Waals surface area contributed by atoms with E-state index >= 15 is 0 Å². The standard InChI is InChI=1S/C14H18BrNOS/c1-3-5-16-13(11-7-10(2)17-9-11)8-14-12(15)4-6-18-14/h4,6-7,9,13,16H,3,5,8H2,1-2H3. The van der Waals surface area contributed by atoms with Gasteiger partial charge in [-0.15, -0.1) is 11.3 Å². The molecule has 2 aromatic heterocycles. The van der Waals surface area contributed by atoms with Gasteiger partial charge in [0.05, 0.1) is 6.26 Å². The van der Waals surface area contributed by atoms with Crippen LogP contribution in [0.2, 0.25) is 0 Å². The summed E-state index contributed by atoms with van der Waals surface area (Å²) in [6.45, 7) is 5.20. The van der Waals surface area contributed by atoms with Gasteiger partial charge in [0.1, 0.15) is 5.76 Å². The van der Waals surface area contributed by atoms with E-state index < -0.39 is 0 Å². The second-order valence-electron chi connectivity index (χ2n) is 4.39. The molecule has 2 nitrogen and oxygen atoms in total. The molecule has 0 amide bonds. The van der Waals surface area contributed by atoms with Crippen LogP contribution < -0.4 is 5.32 Å². The SMILES string of the molecule is CCCNC(Cc1sccc1Br)c1coc(C)c1. The Bertz CT molecular complexity index is 491. The lowest BCUT2D eigenvalue weighted by Crippen LogP contribution is -2.23. The fourth-order valence-corrected chi connectivity index (χ4v) is 3.49. The molecule has 0 aromatic carbocycles. The lowest BCUT2D eigenvalue weighted by molar-refractivity contribution is 0.504.